The normalized spacial score (nSPS) is 14.0. The number of nitrogens with one attached hydrogen (secondary N) is 1. The number of ether oxygens (including phenoxy) is 1. The Labute approximate surface area is 99.4 Å². The molecule has 0 radical (unpaired) electrons. The maximum absolute atomic E-state index is 13.4. The molecule has 0 saturated heterocycles. The molecule has 0 saturated carbocycles. The lowest BCUT2D eigenvalue weighted by atomic mass is 10.2. The molecule has 0 spiro atoms. The third-order valence-electron chi connectivity index (χ3n) is 2.28. The molecule has 0 heterocycles. The molecule has 0 bridgehead atoms. The first-order valence-corrected chi connectivity index (χ1v) is 5.35. The summed E-state index contributed by atoms with van der Waals surface area (Å²) in [7, 11) is 0. The van der Waals surface area contributed by atoms with Gasteiger partial charge in [-0.1, -0.05) is 30.3 Å². The Morgan fingerprint density at radius 3 is 2.71 bits per heavy atom. The van der Waals surface area contributed by atoms with Crippen molar-refractivity contribution < 1.29 is 19.0 Å². The first kappa shape index (κ1) is 13.4. The van der Waals surface area contributed by atoms with Gasteiger partial charge in [0.05, 0.1) is 19.3 Å². The van der Waals surface area contributed by atoms with Gasteiger partial charge in [-0.05, 0) is 12.5 Å². The fourth-order valence-electron chi connectivity index (χ4n) is 1.29. The molecule has 1 rings (SSSR count). The van der Waals surface area contributed by atoms with Crippen LogP contribution in [0.4, 0.5) is 9.18 Å². The largest absolute Gasteiger partial charge is 0.465 e. The molecule has 2 atom stereocenters. The molecule has 1 aromatic rings. The molecule has 1 aromatic carbocycles. The van der Waals surface area contributed by atoms with Gasteiger partial charge in [0.2, 0.25) is 0 Å². The van der Waals surface area contributed by atoms with E-state index in [1.165, 1.54) is 6.92 Å². The molecule has 5 heteroatoms. The average Bonchev–Trinajstić information content (AvgIpc) is 2.29. The smallest absolute Gasteiger partial charge is 0.404 e. The predicted octanol–water partition coefficient (Wildman–Crippen LogP) is 2.20. The standard InChI is InChI=1S/C12H16FNO3/c1-9(14-12(15)16)11(13)8-17-7-10-5-3-2-4-6-10/h2-6,9,11,14H,7-8H2,1H3,(H,15,16)/t9-,11+/m1/s1. The van der Waals surface area contributed by atoms with Crippen LogP contribution in [0.15, 0.2) is 30.3 Å². The molecule has 0 aromatic heterocycles. The number of benzene rings is 1. The Morgan fingerprint density at radius 1 is 1.47 bits per heavy atom. The molecule has 0 aliphatic carbocycles. The van der Waals surface area contributed by atoms with Crippen molar-refractivity contribution in [3.05, 3.63) is 35.9 Å². The van der Waals surface area contributed by atoms with Gasteiger partial charge in [-0.2, -0.15) is 0 Å². The highest BCUT2D eigenvalue weighted by molar-refractivity contribution is 5.64. The first-order chi connectivity index (χ1) is 8.09. The summed E-state index contributed by atoms with van der Waals surface area (Å²) in [4.78, 5) is 10.3. The van der Waals surface area contributed by atoms with Crippen molar-refractivity contribution in [1.82, 2.24) is 5.32 Å². The number of carboxylic acid groups (broad SMARTS) is 1. The Morgan fingerprint density at radius 2 is 2.12 bits per heavy atom. The van der Waals surface area contributed by atoms with E-state index < -0.39 is 18.3 Å². The fourth-order valence-corrected chi connectivity index (χ4v) is 1.29. The summed E-state index contributed by atoms with van der Waals surface area (Å²) >= 11 is 0. The van der Waals surface area contributed by atoms with E-state index in [1.54, 1.807) is 0 Å². The van der Waals surface area contributed by atoms with Crippen molar-refractivity contribution in [2.24, 2.45) is 0 Å². The summed E-state index contributed by atoms with van der Waals surface area (Å²) in [6, 6.07) is 8.63. The number of rotatable bonds is 6. The minimum atomic E-state index is -1.35. The monoisotopic (exact) mass is 241 g/mol. The summed E-state index contributed by atoms with van der Waals surface area (Å²) in [5.74, 6) is 0. The van der Waals surface area contributed by atoms with Gasteiger partial charge < -0.3 is 15.2 Å². The van der Waals surface area contributed by atoms with Crippen molar-refractivity contribution in [2.75, 3.05) is 6.61 Å². The molecule has 2 N–H and O–H groups in total. The lowest BCUT2D eigenvalue weighted by Gasteiger charge is -2.16. The Hall–Kier alpha value is -1.62. The van der Waals surface area contributed by atoms with Gasteiger partial charge in [-0.15, -0.1) is 0 Å². The average molecular weight is 241 g/mol. The number of carbonyl (C=O) groups is 1. The van der Waals surface area contributed by atoms with E-state index in [9.17, 15) is 9.18 Å². The third kappa shape index (κ3) is 5.31. The first-order valence-electron chi connectivity index (χ1n) is 5.35. The van der Waals surface area contributed by atoms with E-state index in [4.69, 9.17) is 9.84 Å². The number of halogens is 1. The SMILES string of the molecule is C[C@@H](NC(=O)O)[C@@H](F)COCc1ccccc1. The lowest BCUT2D eigenvalue weighted by molar-refractivity contribution is 0.0564. The molecule has 1 amide bonds. The van der Waals surface area contributed by atoms with Crippen LogP contribution >= 0.6 is 0 Å². The molecule has 4 nitrogen and oxygen atoms in total. The third-order valence-corrected chi connectivity index (χ3v) is 2.28. The molecular weight excluding hydrogens is 225 g/mol. The molecule has 0 aliphatic heterocycles. The second kappa shape index (κ2) is 6.85. The topological polar surface area (TPSA) is 58.6 Å². The molecule has 0 aliphatic rings. The van der Waals surface area contributed by atoms with Crippen LogP contribution in [-0.2, 0) is 11.3 Å². The van der Waals surface area contributed by atoms with E-state index in [0.29, 0.717) is 6.61 Å². The molecule has 0 fully saturated rings. The van der Waals surface area contributed by atoms with Gasteiger partial charge in [0.1, 0.15) is 6.17 Å². The summed E-state index contributed by atoms with van der Waals surface area (Å²) in [5, 5.41) is 10.5. The summed E-state index contributed by atoms with van der Waals surface area (Å²) in [5.41, 5.74) is 0.957. The predicted molar refractivity (Wildman–Crippen MR) is 61.6 cm³/mol. The van der Waals surface area contributed by atoms with Gasteiger partial charge in [-0.3, -0.25) is 0 Å². The van der Waals surface area contributed by atoms with Gasteiger partial charge in [0, 0.05) is 0 Å². The van der Waals surface area contributed by atoms with Crippen LogP contribution in [-0.4, -0.2) is 30.0 Å². The van der Waals surface area contributed by atoms with Crippen molar-refractivity contribution in [2.45, 2.75) is 25.7 Å². The summed E-state index contributed by atoms with van der Waals surface area (Å²) < 4.78 is 18.6. The highest BCUT2D eigenvalue weighted by atomic mass is 19.1. The van der Waals surface area contributed by atoms with Crippen molar-refractivity contribution in [3.63, 3.8) is 0 Å². The van der Waals surface area contributed by atoms with Gasteiger partial charge in [0.15, 0.2) is 0 Å². The van der Waals surface area contributed by atoms with Gasteiger partial charge >= 0.3 is 6.09 Å². The van der Waals surface area contributed by atoms with Crippen LogP contribution in [0.25, 0.3) is 0 Å². The van der Waals surface area contributed by atoms with Crippen LogP contribution in [0.1, 0.15) is 12.5 Å². The van der Waals surface area contributed by atoms with Gasteiger partial charge in [-0.25, -0.2) is 9.18 Å². The second-order valence-electron chi connectivity index (χ2n) is 3.75. The molecule has 17 heavy (non-hydrogen) atoms. The van der Waals surface area contributed by atoms with Crippen molar-refractivity contribution in [3.8, 4) is 0 Å². The quantitative estimate of drug-likeness (QED) is 0.802. The number of hydrogen-bond donors (Lipinski definition) is 2. The number of alkyl halides is 1. The Balaban J connectivity index is 2.24. The van der Waals surface area contributed by atoms with Crippen molar-refractivity contribution >= 4 is 6.09 Å². The second-order valence-corrected chi connectivity index (χ2v) is 3.75. The fraction of sp³-hybridized carbons (Fsp3) is 0.417. The lowest BCUT2D eigenvalue weighted by Crippen LogP contribution is -2.40. The Kier molecular flexibility index (Phi) is 5.42. The highest BCUT2D eigenvalue weighted by Crippen LogP contribution is 2.04. The van der Waals surface area contributed by atoms with E-state index in [0.717, 1.165) is 5.56 Å². The van der Waals surface area contributed by atoms with E-state index >= 15 is 0 Å². The summed E-state index contributed by atoms with van der Waals surface area (Å²) in [6.45, 7) is 1.65. The minimum Gasteiger partial charge on any atom is -0.465 e. The Bertz CT molecular complexity index is 345. The number of amides is 1. The van der Waals surface area contributed by atoms with Crippen molar-refractivity contribution in [1.29, 1.82) is 0 Å². The zero-order chi connectivity index (χ0) is 12.7. The molecule has 0 unspecified atom stereocenters. The van der Waals surface area contributed by atoms with Crippen LogP contribution in [0.2, 0.25) is 0 Å². The maximum atomic E-state index is 13.4. The van der Waals surface area contributed by atoms with Crippen LogP contribution in [0.3, 0.4) is 0 Å². The highest BCUT2D eigenvalue weighted by Gasteiger charge is 2.17. The summed E-state index contributed by atoms with van der Waals surface area (Å²) in [6.07, 6.45) is -2.59. The molecular formula is C12H16FNO3. The van der Waals surface area contributed by atoms with E-state index in [1.807, 2.05) is 30.3 Å². The molecule has 94 valence electrons. The number of hydrogen-bond acceptors (Lipinski definition) is 2. The minimum absolute atomic E-state index is 0.129. The van der Waals surface area contributed by atoms with E-state index in [2.05, 4.69) is 5.32 Å². The van der Waals surface area contributed by atoms with Crippen LogP contribution in [0, 0.1) is 0 Å². The van der Waals surface area contributed by atoms with Crippen LogP contribution in [0.5, 0.6) is 0 Å². The maximum Gasteiger partial charge on any atom is 0.404 e. The van der Waals surface area contributed by atoms with Crippen LogP contribution < -0.4 is 5.32 Å². The van der Waals surface area contributed by atoms with Gasteiger partial charge in [0.25, 0.3) is 0 Å². The van der Waals surface area contributed by atoms with E-state index in [-0.39, 0.29) is 6.61 Å². The zero-order valence-electron chi connectivity index (χ0n) is 9.60. The zero-order valence-corrected chi connectivity index (χ0v) is 9.60.